The number of rotatable bonds is 3. The van der Waals surface area contributed by atoms with Crippen molar-refractivity contribution in [3.8, 4) is 0 Å². The van der Waals surface area contributed by atoms with Crippen molar-refractivity contribution in [2.45, 2.75) is 18.7 Å². The van der Waals surface area contributed by atoms with Crippen LogP contribution in [0.1, 0.15) is 13.8 Å². The van der Waals surface area contributed by atoms with Crippen LogP contribution in [-0.4, -0.2) is 23.2 Å². The maximum atomic E-state index is 13.2. The van der Waals surface area contributed by atoms with E-state index >= 15 is 0 Å². The third-order valence-electron chi connectivity index (χ3n) is 2.14. The average molecular weight is 306 g/mol. The largest absolute Gasteiger partial charge is 0.334 e. The first-order chi connectivity index (χ1) is 7.60. The second-order valence-corrected chi connectivity index (χ2v) is 4.88. The predicted octanol–water partition coefficient (Wildman–Crippen LogP) is 4.14. The monoisotopic (exact) mass is 305 g/mol. The minimum atomic E-state index is -0.350. The summed E-state index contributed by atoms with van der Waals surface area (Å²) in [5, 5.41) is -0.0590. The number of hydrogen-bond donors (Lipinski definition) is 0. The zero-order chi connectivity index (χ0) is 12.1. The standard InChI is InChI=1S/C11H13BrFNOS/c1-3-14(4-2)11(15)16-9-7-5-6-8(13)10(9)12/h5-7H,3-4H2,1-2H3. The molecule has 0 N–H and O–H groups in total. The fraction of sp³-hybridized carbons (Fsp3) is 0.364. The molecule has 2 nitrogen and oxygen atoms in total. The Balaban J connectivity index is 2.80. The molecule has 0 radical (unpaired) electrons. The zero-order valence-corrected chi connectivity index (χ0v) is 11.6. The summed E-state index contributed by atoms with van der Waals surface area (Å²) in [6.45, 7) is 5.16. The summed E-state index contributed by atoms with van der Waals surface area (Å²) >= 11 is 4.18. The fourth-order valence-corrected chi connectivity index (χ4v) is 2.62. The Hall–Kier alpha value is -0.550. The Kier molecular flexibility index (Phi) is 5.28. The Morgan fingerprint density at radius 1 is 1.44 bits per heavy atom. The van der Waals surface area contributed by atoms with E-state index in [1.54, 1.807) is 17.0 Å². The number of benzene rings is 1. The van der Waals surface area contributed by atoms with Crippen molar-refractivity contribution >= 4 is 32.9 Å². The molecule has 5 heteroatoms. The molecule has 1 aromatic rings. The van der Waals surface area contributed by atoms with Crippen LogP contribution >= 0.6 is 27.7 Å². The fourth-order valence-electron chi connectivity index (χ4n) is 1.20. The smallest absolute Gasteiger partial charge is 0.286 e. The lowest BCUT2D eigenvalue weighted by atomic mass is 10.3. The number of hydrogen-bond acceptors (Lipinski definition) is 2. The van der Waals surface area contributed by atoms with Crippen LogP contribution in [0.3, 0.4) is 0 Å². The molecule has 1 amide bonds. The number of halogens is 2. The van der Waals surface area contributed by atoms with Crippen molar-refractivity contribution in [3.63, 3.8) is 0 Å². The molecule has 0 heterocycles. The summed E-state index contributed by atoms with van der Waals surface area (Å²) in [6, 6.07) is 4.67. The summed E-state index contributed by atoms with van der Waals surface area (Å²) in [6.07, 6.45) is 0. The van der Waals surface area contributed by atoms with E-state index in [1.807, 2.05) is 13.8 Å². The molecule has 16 heavy (non-hydrogen) atoms. The van der Waals surface area contributed by atoms with Gasteiger partial charge in [-0.05, 0) is 53.7 Å². The molecule has 0 bridgehead atoms. The first kappa shape index (κ1) is 13.5. The van der Waals surface area contributed by atoms with E-state index < -0.39 is 0 Å². The Morgan fingerprint density at radius 2 is 2.06 bits per heavy atom. The van der Waals surface area contributed by atoms with E-state index in [1.165, 1.54) is 6.07 Å². The van der Waals surface area contributed by atoms with Crippen LogP contribution in [0.15, 0.2) is 27.6 Å². The lowest BCUT2D eigenvalue weighted by molar-refractivity contribution is 0.228. The topological polar surface area (TPSA) is 20.3 Å². The van der Waals surface area contributed by atoms with Crippen LogP contribution in [0.25, 0.3) is 0 Å². The van der Waals surface area contributed by atoms with Crippen LogP contribution in [0.5, 0.6) is 0 Å². The van der Waals surface area contributed by atoms with Gasteiger partial charge in [-0.2, -0.15) is 0 Å². The molecule has 0 aliphatic carbocycles. The molecule has 1 aromatic carbocycles. The van der Waals surface area contributed by atoms with Crippen molar-refractivity contribution in [2.24, 2.45) is 0 Å². The Labute approximate surface area is 107 Å². The highest BCUT2D eigenvalue weighted by Gasteiger charge is 2.14. The molecule has 1 rings (SSSR count). The van der Waals surface area contributed by atoms with E-state index in [2.05, 4.69) is 15.9 Å². The maximum Gasteiger partial charge on any atom is 0.286 e. The highest BCUT2D eigenvalue weighted by molar-refractivity contribution is 9.10. The van der Waals surface area contributed by atoms with E-state index in [0.717, 1.165) is 11.8 Å². The molecule has 0 aromatic heterocycles. The van der Waals surface area contributed by atoms with Crippen LogP contribution < -0.4 is 0 Å². The molecule has 88 valence electrons. The first-order valence-corrected chi connectivity index (χ1v) is 6.61. The summed E-state index contributed by atoms with van der Waals surface area (Å²) in [5.41, 5.74) is 0. The van der Waals surface area contributed by atoms with Gasteiger partial charge in [0.15, 0.2) is 0 Å². The van der Waals surface area contributed by atoms with Gasteiger partial charge in [0.25, 0.3) is 5.24 Å². The minimum absolute atomic E-state index is 0.0590. The third-order valence-corrected chi connectivity index (χ3v) is 4.20. The highest BCUT2D eigenvalue weighted by atomic mass is 79.9. The van der Waals surface area contributed by atoms with Gasteiger partial charge in [0.1, 0.15) is 5.82 Å². The summed E-state index contributed by atoms with van der Waals surface area (Å²) in [5.74, 6) is -0.350. The van der Waals surface area contributed by atoms with Crippen LogP contribution in [-0.2, 0) is 0 Å². The molecule has 0 atom stereocenters. The Bertz CT molecular complexity index is 382. The lowest BCUT2D eigenvalue weighted by Crippen LogP contribution is -2.26. The van der Waals surface area contributed by atoms with E-state index in [-0.39, 0.29) is 11.1 Å². The second kappa shape index (κ2) is 6.25. The average Bonchev–Trinajstić information content (AvgIpc) is 2.26. The summed E-state index contributed by atoms with van der Waals surface area (Å²) in [7, 11) is 0. The quantitative estimate of drug-likeness (QED) is 0.782. The van der Waals surface area contributed by atoms with Crippen LogP contribution in [0.2, 0.25) is 0 Å². The van der Waals surface area contributed by atoms with Crippen LogP contribution in [0, 0.1) is 5.82 Å². The van der Waals surface area contributed by atoms with Gasteiger partial charge in [-0.15, -0.1) is 0 Å². The third kappa shape index (κ3) is 3.22. The summed E-state index contributed by atoms with van der Waals surface area (Å²) in [4.78, 5) is 14.1. The van der Waals surface area contributed by atoms with Crippen molar-refractivity contribution in [1.29, 1.82) is 0 Å². The van der Waals surface area contributed by atoms with E-state index in [4.69, 9.17) is 0 Å². The highest BCUT2D eigenvalue weighted by Crippen LogP contribution is 2.31. The molecule has 0 saturated heterocycles. The van der Waals surface area contributed by atoms with E-state index in [9.17, 15) is 9.18 Å². The predicted molar refractivity (Wildman–Crippen MR) is 68.3 cm³/mol. The van der Waals surface area contributed by atoms with Crippen molar-refractivity contribution < 1.29 is 9.18 Å². The van der Waals surface area contributed by atoms with Gasteiger partial charge in [-0.3, -0.25) is 4.79 Å². The van der Waals surface area contributed by atoms with Gasteiger partial charge in [-0.25, -0.2) is 4.39 Å². The number of carbonyl (C=O) groups excluding carboxylic acids is 1. The van der Waals surface area contributed by atoms with Crippen molar-refractivity contribution in [1.82, 2.24) is 4.90 Å². The number of nitrogens with zero attached hydrogens (tertiary/aromatic N) is 1. The number of thioether (sulfide) groups is 1. The van der Waals surface area contributed by atoms with Crippen LogP contribution in [0.4, 0.5) is 9.18 Å². The maximum absolute atomic E-state index is 13.2. The molecule has 0 fully saturated rings. The molecule has 0 spiro atoms. The SMILES string of the molecule is CCN(CC)C(=O)Sc1cccc(F)c1Br. The normalized spacial score (nSPS) is 10.2. The van der Waals surface area contributed by atoms with Gasteiger partial charge in [-0.1, -0.05) is 6.07 Å². The van der Waals surface area contributed by atoms with Gasteiger partial charge in [0.05, 0.1) is 4.47 Å². The zero-order valence-electron chi connectivity index (χ0n) is 9.17. The summed E-state index contributed by atoms with van der Waals surface area (Å²) < 4.78 is 13.6. The number of amides is 1. The minimum Gasteiger partial charge on any atom is -0.334 e. The molecule has 0 aliphatic heterocycles. The van der Waals surface area contributed by atoms with Gasteiger partial charge in [0, 0.05) is 18.0 Å². The molecule has 0 unspecified atom stereocenters. The Morgan fingerprint density at radius 3 is 2.62 bits per heavy atom. The first-order valence-electron chi connectivity index (χ1n) is 5.00. The molecule has 0 saturated carbocycles. The number of carbonyl (C=O) groups is 1. The molecule has 0 aliphatic rings. The van der Waals surface area contributed by atoms with E-state index in [0.29, 0.717) is 22.5 Å². The second-order valence-electron chi connectivity index (χ2n) is 3.09. The van der Waals surface area contributed by atoms with Gasteiger partial charge in [0.2, 0.25) is 0 Å². The lowest BCUT2D eigenvalue weighted by Gasteiger charge is -2.17. The molecular formula is C11H13BrFNOS. The molecular weight excluding hydrogens is 293 g/mol. The van der Waals surface area contributed by atoms with Gasteiger partial charge >= 0.3 is 0 Å². The van der Waals surface area contributed by atoms with Crippen molar-refractivity contribution in [2.75, 3.05) is 13.1 Å². The van der Waals surface area contributed by atoms with Crippen molar-refractivity contribution in [3.05, 3.63) is 28.5 Å². The van der Waals surface area contributed by atoms with Gasteiger partial charge < -0.3 is 4.90 Å².